The van der Waals surface area contributed by atoms with Crippen LogP contribution in [0.15, 0.2) is 24.3 Å². The van der Waals surface area contributed by atoms with E-state index in [0.717, 1.165) is 35.5 Å². The molecule has 1 N–H and O–H groups in total. The first kappa shape index (κ1) is 10.6. The Hall–Kier alpha value is -1.90. The number of aldehydes is 1. The van der Waals surface area contributed by atoms with Crippen LogP contribution in [0, 0.1) is 6.92 Å². The number of aromatic amines is 1. The van der Waals surface area contributed by atoms with Gasteiger partial charge in [-0.3, -0.25) is 4.79 Å². The number of rotatable bonds is 3. The third-order valence-electron chi connectivity index (χ3n) is 2.55. The fourth-order valence-electron chi connectivity index (χ4n) is 1.79. The van der Waals surface area contributed by atoms with E-state index in [1.807, 2.05) is 25.1 Å². The Morgan fingerprint density at radius 1 is 1.44 bits per heavy atom. The third-order valence-corrected chi connectivity index (χ3v) is 2.55. The lowest BCUT2D eigenvalue weighted by Gasteiger charge is -2.00. The van der Waals surface area contributed by atoms with E-state index in [2.05, 4.69) is 16.9 Å². The molecule has 1 aromatic heterocycles. The number of H-pyrrole nitrogens is 1. The maximum absolute atomic E-state index is 10.7. The van der Waals surface area contributed by atoms with Crippen LogP contribution < -0.4 is 0 Å². The Balaban J connectivity index is 2.52. The monoisotopic (exact) mass is 214 g/mol. The van der Waals surface area contributed by atoms with E-state index in [9.17, 15) is 4.79 Å². The van der Waals surface area contributed by atoms with Crippen molar-refractivity contribution >= 4 is 6.29 Å². The summed E-state index contributed by atoms with van der Waals surface area (Å²) in [5, 5.41) is 0. The highest BCUT2D eigenvalue weighted by molar-refractivity contribution is 5.78. The summed E-state index contributed by atoms with van der Waals surface area (Å²) < 4.78 is 0. The quantitative estimate of drug-likeness (QED) is 0.798. The van der Waals surface area contributed by atoms with E-state index in [-0.39, 0.29) is 0 Å². The van der Waals surface area contributed by atoms with E-state index in [1.165, 1.54) is 0 Å². The molecule has 2 rings (SSSR count). The summed E-state index contributed by atoms with van der Waals surface area (Å²) in [5.41, 5.74) is 3.73. The molecule has 1 heterocycles. The van der Waals surface area contributed by atoms with Crippen molar-refractivity contribution in [2.24, 2.45) is 0 Å². The van der Waals surface area contributed by atoms with Crippen molar-refractivity contribution in [2.45, 2.75) is 20.3 Å². The topological polar surface area (TPSA) is 45.8 Å². The number of imidazole rings is 1. The van der Waals surface area contributed by atoms with Gasteiger partial charge in [0.25, 0.3) is 0 Å². The molecule has 0 fully saturated rings. The maximum atomic E-state index is 10.7. The third kappa shape index (κ3) is 1.89. The number of hydrogen-bond donors (Lipinski definition) is 1. The van der Waals surface area contributed by atoms with Crippen molar-refractivity contribution in [1.82, 2.24) is 9.97 Å². The standard InChI is InChI=1S/C13H14N2O/c1-3-12-13(15-9(2)14-12)11-6-4-5-10(7-11)8-16/h4-8H,3H2,1-2H3,(H,14,15). The van der Waals surface area contributed by atoms with E-state index in [0.29, 0.717) is 5.56 Å². The van der Waals surface area contributed by atoms with Gasteiger partial charge in [-0.05, 0) is 19.4 Å². The zero-order valence-electron chi connectivity index (χ0n) is 9.45. The number of nitrogens with one attached hydrogen (secondary N) is 1. The molecule has 0 spiro atoms. The molecular formula is C13H14N2O. The molecule has 0 aliphatic rings. The van der Waals surface area contributed by atoms with Crippen LogP contribution in [0.25, 0.3) is 11.3 Å². The number of carbonyl (C=O) groups excluding carboxylic acids is 1. The average Bonchev–Trinajstić information content (AvgIpc) is 2.70. The molecule has 82 valence electrons. The van der Waals surface area contributed by atoms with Crippen molar-refractivity contribution in [2.75, 3.05) is 0 Å². The molecule has 3 nitrogen and oxygen atoms in total. The first-order valence-corrected chi connectivity index (χ1v) is 5.35. The van der Waals surface area contributed by atoms with Gasteiger partial charge in [-0.15, -0.1) is 0 Å². The van der Waals surface area contributed by atoms with Crippen LogP contribution in [0.3, 0.4) is 0 Å². The zero-order valence-corrected chi connectivity index (χ0v) is 9.45. The Labute approximate surface area is 94.5 Å². The van der Waals surface area contributed by atoms with E-state index in [1.54, 1.807) is 6.07 Å². The van der Waals surface area contributed by atoms with Crippen molar-refractivity contribution in [3.63, 3.8) is 0 Å². The lowest BCUT2D eigenvalue weighted by atomic mass is 10.1. The molecule has 1 aromatic carbocycles. The SMILES string of the molecule is CCc1[nH]c(C)nc1-c1cccc(C=O)c1. The van der Waals surface area contributed by atoms with Gasteiger partial charge in [0.05, 0.1) is 5.69 Å². The number of aryl methyl sites for hydroxylation is 2. The largest absolute Gasteiger partial charge is 0.346 e. The fraction of sp³-hybridized carbons (Fsp3) is 0.231. The normalized spacial score (nSPS) is 10.4. The number of nitrogens with zero attached hydrogens (tertiary/aromatic N) is 1. The summed E-state index contributed by atoms with van der Waals surface area (Å²) in [7, 11) is 0. The van der Waals surface area contributed by atoms with Crippen LogP contribution >= 0.6 is 0 Å². The first-order valence-electron chi connectivity index (χ1n) is 5.35. The van der Waals surface area contributed by atoms with Crippen molar-refractivity contribution < 1.29 is 4.79 Å². The predicted molar refractivity (Wildman–Crippen MR) is 63.5 cm³/mol. The van der Waals surface area contributed by atoms with Gasteiger partial charge in [0.2, 0.25) is 0 Å². The first-order chi connectivity index (χ1) is 7.74. The molecule has 3 heteroatoms. The van der Waals surface area contributed by atoms with Crippen molar-refractivity contribution in [3.05, 3.63) is 41.3 Å². The van der Waals surface area contributed by atoms with Crippen LogP contribution in [0.4, 0.5) is 0 Å². The molecule has 0 atom stereocenters. The van der Waals surface area contributed by atoms with Gasteiger partial charge in [0, 0.05) is 16.8 Å². The highest BCUT2D eigenvalue weighted by Gasteiger charge is 2.08. The second kappa shape index (κ2) is 4.31. The number of hydrogen-bond acceptors (Lipinski definition) is 2. The number of aromatic nitrogens is 2. The number of benzene rings is 1. The lowest BCUT2D eigenvalue weighted by Crippen LogP contribution is -1.87. The molecule has 0 saturated heterocycles. The van der Waals surface area contributed by atoms with Gasteiger partial charge < -0.3 is 4.98 Å². The Kier molecular flexibility index (Phi) is 2.86. The van der Waals surface area contributed by atoms with Crippen LogP contribution in [-0.4, -0.2) is 16.3 Å². The predicted octanol–water partition coefficient (Wildman–Crippen LogP) is 2.76. The molecule has 16 heavy (non-hydrogen) atoms. The minimum atomic E-state index is 0.681. The molecule has 0 unspecified atom stereocenters. The molecular weight excluding hydrogens is 200 g/mol. The van der Waals surface area contributed by atoms with Crippen molar-refractivity contribution in [3.8, 4) is 11.3 Å². The van der Waals surface area contributed by atoms with Gasteiger partial charge in [-0.2, -0.15) is 0 Å². The van der Waals surface area contributed by atoms with Gasteiger partial charge in [0.15, 0.2) is 0 Å². The summed E-state index contributed by atoms with van der Waals surface area (Å²) in [6, 6.07) is 7.51. The van der Waals surface area contributed by atoms with Gasteiger partial charge in [-0.25, -0.2) is 4.98 Å². The van der Waals surface area contributed by atoms with Gasteiger partial charge in [-0.1, -0.05) is 25.1 Å². The second-order valence-corrected chi connectivity index (χ2v) is 3.75. The average molecular weight is 214 g/mol. The van der Waals surface area contributed by atoms with Gasteiger partial charge >= 0.3 is 0 Å². The highest BCUT2D eigenvalue weighted by atomic mass is 16.1. The van der Waals surface area contributed by atoms with E-state index in [4.69, 9.17) is 0 Å². The van der Waals surface area contributed by atoms with Crippen LogP contribution in [-0.2, 0) is 6.42 Å². The molecule has 0 radical (unpaired) electrons. The zero-order chi connectivity index (χ0) is 11.5. The van der Waals surface area contributed by atoms with Crippen LogP contribution in [0.1, 0.15) is 28.8 Å². The molecule has 0 aliphatic carbocycles. The van der Waals surface area contributed by atoms with E-state index >= 15 is 0 Å². The Morgan fingerprint density at radius 3 is 2.94 bits per heavy atom. The molecule has 2 aromatic rings. The molecule has 0 bridgehead atoms. The molecule has 0 saturated carbocycles. The van der Waals surface area contributed by atoms with Crippen molar-refractivity contribution in [1.29, 1.82) is 0 Å². The minimum absolute atomic E-state index is 0.681. The maximum Gasteiger partial charge on any atom is 0.150 e. The van der Waals surface area contributed by atoms with Crippen LogP contribution in [0.2, 0.25) is 0 Å². The Bertz CT molecular complexity index is 514. The summed E-state index contributed by atoms with van der Waals surface area (Å²) in [6.07, 6.45) is 1.76. The Morgan fingerprint density at radius 2 is 2.25 bits per heavy atom. The van der Waals surface area contributed by atoms with Gasteiger partial charge in [0.1, 0.15) is 12.1 Å². The molecule has 0 amide bonds. The summed E-state index contributed by atoms with van der Waals surface area (Å²) in [6.45, 7) is 4.02. The second-order valence-electron chi connectivity index (χ2n) is 3.75. The molecule has 0 aliphatic heterocycles. The smallest absolute Gasteiger partial charge is 0.150 e. The lowest BCUT2D eigenvalue weighted by molar-refractivity contribution is 0.112. The number of carbonyl (C=O) groups is 1. The summed E-state index contributed by atoms with van der Waals surface area (Å²) in [4.78, 5) is 18.4. The summed E-state index contributed by atoms with van der Waals surface area (Å²) in [5.74, 6) is 0.906. The highest BCUT2D eigenvalue weighted by Crippen LogP contribution is 2.22. The summed E-state index contributed by atoms with van der Waals surface area (Å²) >= 11 is 0. The minimum Gasteiger partial charge on any atom is -0.346 e. The van der Waals surface area contributed by atoms with E-state index < -0.39 is 0 Å². The van der Waals surface area contributed by atoms with Crippen LogP contribution in [0.5, 0.6) is 0 Å². The fourth-order valence-corrected chi connectivity index (χ4v) is 1.79.